The maximum Gasteiger partial charge on any atom is 0.316 e. The van der Waals surface area contributed by atoms with E-state index in [9.17, 15) is 4.79 Å². The first kappa shape index (κ1) is 13.4. The summed E-state index contributed by atoms with van der Waals surface area (Å²) in [5, 5.41) is 6.75. The summed E-state index contributed by atoms with van der Waals surface area (Å²) < 4.78 is 5.12. The van der Waals surface area contributed by atoms with Crippen molar-refractivity contribution < 1.29 is 9.53 Å². The Kier molecular flexibility index (Phi) is 4.79. The third kappa shape index (κ3) is 4.63. The van der Waals surface area contributed by atoms with Crippen LogP contribution in [0, 0.1) is 0 Å². The molecule has 3 N–H and O–H groups in total. The number of benzene rings is 1. The Morgan fingerprint density at radius 2 is 2.16 bits per heavy atom. The van der Waals surface area contributed by atoms with Crippen molar-refractivity contribution in [1.29, 1.82) is 0 Å². The number of nitrogens with one attached hydrogen (secondary N) is 1. The molecule has 0 unspecified atom stereocenters. The molecule has 0 saturated carbocycles. The van der Waals surface area contributed by atoms with Crippen LogP contribution in [0.25, 0.3) is 0 Å². The van der Waals surface area contributed by atoms with E-state index >= 15 is 0 Å². The molecule has 0 aliphatic heterocycles. The topological polar surface area (TPSA) is 93.9 Å². The lowest BCUT2D eigenvalue weighted by Gasteiger charge is -2.03. The highest BCUT2D eigenvalue weighted by Gasteiger charge is 2.07. The highest BCUT2D eigenvalue weighted by molar-refractivity contribution is 7.99. The number of nitrogens with two attached hydrogens (primary N) is 1. The van der Waals surface area contributed by atoms with Crippen molar-refractivity contribution in [2.45, 2.75) is 11.6 Å². The molecule has 2 rings (SSSR count). The van der Waals surface area contributed by atoms with Gasteiger partial charge in [-0.2, -0.15) is 4.98 Å². The average molecular weight is 278 g/mol. The highest BCUT2D eigenvalue weighted by atomic mass is 32.2. The Bertz CT molecular complexity index is 530. The predicted molar refractivity (Wildman–Crippen MR) is 72.6 cm³/mol. The molecule has 7 heteroatoms. The van der Waals surface area contributed by atoms with Crippen LogP contribution < -0.4 is 5.73 Å². The van der Waals surface area contributed by atoms with Crippen molar-refractivity contribution in [3.63, 3.8) is 0 Å². The Hall–Kier alpha value is -2.02. The molecule has 1 aromatic heterocycles. The minimum atomic E-state index is -0.288. The largest absolute Gasteiger partial charge is 0.465 e. The van der Waals surface area contributed by atoms with Gasteiger partial charge in [0, 0.05) is 6.42 Å². The predicted octanol–water partition coefficient (Wildman–Crippen LogP) is 1.26. The molecule has 0 fully saturated rings. The van der Waals surface area contributed by atoms with Crippen LogP contribution in [0.5, 0.6) is 0 Å². The van der Waals surface area contributed by atoms with Gasteiger partial charge in [0.25, 0.3) is 0 Å². The number of aromatic amines is 1. The van der Waals surface area contributed by atoms with Crippen molar-refractivity contribution in [3.8, 4) is 0 Å². The lowest BCUT2D eigenvalue weighted by atomic mass is 10.2. The van der Waals surface area contributed by atoms with Crippen molar-refractivity contribution in [2.24, 2.45) is 0 Å². The quantitative estimate of drug-likeness (QED) is 0.610. The van der Waals surface area contributed by atoms with Gasteiger partial charge >= 0.3 is 5.97 Å². The van der Waals surface area contributed by atoms with Crippen LogP contribution in [0.2, 0.25) is 0 Å². The summed E-state index contributed by atoms with van der Waals surface area (Å²) in [6.45, 7) is 0.375. The van der Waals surface area contributed by atoms with Crippen LogP contribution in [0.1, 0.15) is 5.56 Å². The van der Waals surface area contributed by atoms with E-state index in [4.69, 9.17) is 10.5 Å². The third-order valence-corrected chi connectivity index (χ3v) is 3.12. The number of hydrogen-bond donors (Lipinski definition) is 2. The van der Waals surface area contributed by atoms with E-state index in [1.165, 1.54) is 11.8 Å². The molecule has 0 bridgehead atoms. The number of aromatic nitrogens is 3. The Labute approximate surface area is 114 Å². The second kappa shape index (κ2) is 6.79. The Balaban J connectivity index is 1.65. The molecule has 0 saturated heterocycles. The van der Waals surface area contributed by atoms with Crippen LogP contribution in [-0.2, 0) is 16.0 Å². The zero-order valence-electron chi connectivity index (χ0n) is 10.2. The first-order chi connectivity index (χ1) is 9.24. The summed E-state index contributed by atoms with van der Waals surface area (Å²) in [5.74, 6) is 0.121. The summed E-state index contributed by atoms with van der Waals surface area (Å²) in [6, 6.07) is 9.87. The first-order valence-electron chi connectivity index (χ1n) is 5.74. The minimum Gasteiger partial charge on any atom is -0.465 e. The summed E-state index contributed by atoms with van der Waals surface area (Å²) in [6.07, 6.45) is 0.713. The monoisotopic (exact) mass is 278 g/mol. The summed E-state index contributed by atoms with van der Waals surface area (Å²) >= 11 is 1.19. The van der Waals surface area contributed by atoms with Gasteiger partial charge in [-0.15, -0.1) is 5.10 Å². The zero-order valence-corrected chi connectivity index (χ0v) is 11.0. The molecule has 0 aliphatic rings. The number of hydrogen-bond acceptors (Lipinski definition) is 6. The zero-order chi connectivity index (χ0) is 13.5. The van der Waals surface area contributed by atoms with Crippen molar-refractivity contribution >= 4 is 23.7 Å². The number of ether oxygens (including phenoxy) is 1. The van der Waals surface area contributed by atoms with E-state index in [2.05, 4.69) is 15.2 Å². The van der Waals surface area contributed by atoms with E-state index in [0.717, 1.165) is 5.56 Å². The fourth-order valence-electron chi connectivity index (χ4n) is 1.42. The number of anilines is 1. The van der Waals surface area contributed by atoms with E-state index in [1.54, 1.807) is 0 Å². The Morgan fingerprint density at radius 3 is 2.84 bits per heavy atom. The summed E-state index contributed by atoms with van der Waals surface area (Å²) in [4.78, 5) is 15.4. The summed E-state index contributed by atoms with van der Waals surface area (Å²) in [7, 11) is 0. The van der Waals surface area contributed by atoms with Gasteiger partial charge in [0.2, 0.25) is 11.1 Å². The van der Waals surface area contributed by atoms with E-state index in [1.807, 2.05) is 30.3 Å². The second-order valence-electron chi connectivity index (χ2n) is 3.75. The molecule has 0 spiro atoms. The van der Waals surface area contributed by atoms with Gasteiger partial charge in [-0.1, -0.05) is 42.1 Å². The fraction of sp³-hybridized carbons (Fsp3) is 0.250. The summed E-state index contributed by atoms with van der Waals surface area (Å²) in [5.41, 5.74) is 6.51. The average Bonchev–Trinajstić information content (AvgIpc) is 2.83. The van der Waals surface area contributed by atoms with E-state index in [-0.39, 0.29) is 17.7 Å². The number of nitrogens with zero attached hydrogens (tertiary/aromatic N) is 2. The maximum absolute atomic E-state index is 11.5. The molecule has 6 nitrogen and oxygen atoms in total. The lowest BCUT2D eigenvalue weighted by molar-refractivity contribution is -0.140. The molecule has 1 heterocycles. The standard InChI is InChI=1S/C12H14N4O2S/c13-11-14-12(16-15-11)19-8-10(17)18-7-6-9-4-2-1-3-5-9/h1-5H,6-8H2,(H3,13,14,15,16). The molecular formula is C12H14N4O2S. The molecule has 0 atom stereocenters. The molecule has 0 radical (unpaired) electrons. The van der Waals surface area contributed by atoms with Crippen LogP contribution in [0.4, 0.5) is 5.95 Å². The van der Waals surface area contributed by atoms with Crippen LogP contribution in [0.3, 0.4) is 0 Å². The molecule has 0 amide bonds. The number of nitrogen functional groups attached to an aromatic ring is 1. The fourth-order valence-corrected chi connectivity index (χ4v) is 2.02. The number of carbonyl (C=O) groups is 1. The van der Waals surface area contributed by atoms with E-state index in [0.29, 0.717) is 18.2 Å². The lowest BCUT2D eigenvalue weighted by Crippen LogP contribution is -2.10. The van der Waals surface area contributed by atoms with Crippen LogP contribution >= 0.6 is 11.8 Å². The SMILES string of the molecule is Nc1nc(SCC(=O)OCCc2ccccc2)n[nH]1. The molecular weight excluding hydrogens is 264 g/mol. The van der Waals surface area contributed by atoms with Gasteiger partial charge < -0.3 is 10.5 Å². The highest BCUT2D eigenvalue weighted by Crippen LogP contribution is 2.12. The van der Waals surface area contributed by atoms with Crippen LogP contribution in [-0.4, -0.2) is 33.5 Å². The van der Waals surface area contributed by atoms with E-state index < -0.39 is 0 Å². The number of carbonyl (C=O) groups excluding carboxylic acids is 1. The molecule has 100 valence electrons. The van der Waals surface area contributed by atoms with Gasteiger partial charge in [-0.3, -0.25) is 4.79 Å². The number of thioether (sulfide) groups is 1. The smallest absolute Gasteiger partial charge is 0.316 e. The van der Waals surface area contributed by atoms with Crippen LogP contribution in [0.15, 0.2) is 35.5 Å². The first-order valence-corrected chi connectivity index (χ1v) is 6.73. The third-order valence-electron chi connectivity index (χ3n) is 2.30. The number of esters is 1. The molecule has 1 aromatic carbocycles. The van der Waals surface area contributed by atoms with Gasteiger partial charge in [0.15, 0.2) is 0 Å². The van der Waals surface area contributed by atoms with Crippen molar-refractivity contribution in [1.82, 2.24) is 15.2 Å². The van der Waals surface area contributed by atoms with Gasteiger partial charge in [-0.25, -0.2) is 5.10 Å². The number of rotatable bonds is 6. The maximum atomic E-state index is 11.5. The van der Waals surface area contributed by atoms with Gasteiger partial charge in [0.1, 0.15) is 0 Å². The van der Waals surface area contributed by atoms with Crippen molar-refractivity contribution in [2.75, 3.05) is 18.1 Å². The van der Waals surface area contributed by atoms with Gasteiger partial charge in [-0.05, 0) is 5.56 Å². The molecule has 19 heavy (non-hydrogen) atoms. The normalized spacial score (nSPS) is 10.3. The second-order valence-corrected chi connectivity index (χ2v) is 4.69. The molecule has 2 aromatic rings. The van der Waals surface area contributed by atoms with Crippen molar-refractivity contribution in [3.05, 3.63) is 35.9 Å². The number of H-pyrrole nitrogens is 1. The van der Waals surface area contributed by atoms with Gasteiger partial charge in [0.05, 0.1) is 12.4 Å². The molecule has 0 aliphatic carbocycles. The Morgan fingerprint density at radius 1 is 1.37 bits per heavy atom. The minimum absolute atomic E-state index is 0.173.